The van der Waals surface area contributed by atoms with Gasteiger partial charge in [-0.05, 0) is 12.1 Å². The number of aromatic nitrogens is 3. The molecule has 0 bridgehead atoms. The number of rotatable bonds is 0. The van der Waals surface area contributed by atoms with Crippen LogP contribution in [-0.2, 0) is 6.18 Å². The zero-order chi connectivity index (χ0) is 13.8. The van der Waals surface area contributed by atoms with Gasteiger partial charge in [-0.3, -0.25) is 9.36 Å². The minimum absolute atomic E-state index is 0.112. The summed E-state index contributed by atoms with van der Waals surface area (Å²) in [6, 6.07) is 7.56. The highest BCUT2D eigenvalue weighted by Gasteiger charge is 2.35. The van der Waals surface area contributed by atoms with Crippen molar-refractivity contribution in [1.82, 2.24) is 14.2 Å². The van der Waals surface area contributed by atoms with Crippen LogP contribution < -0.4 is 0 Å². The topological polar surface area (TPSA) is 39.3 Å². The Morgan fingerprint density at radius 2 is 1.84 bits per heavy atom. The molecule has 98 valence electrons. The SMILES string of the molecule is CC(=O)n1c2ccccc2n2nc(C(F)(F)F)cc12. The second-order valence-corrected chi connectivity index (χ2v) is 4.14. The third kappa shape index (κ3) is 1.61. The van der Waals surface area contributed by atoms with E-state index in [0.717, 1.165) is 10.6 Å². The third-order valence-corrected chi connectivity index (χ3v) is 2.88. The highest BCUT2D eigenvalue weighted by atomic mass is 19.4. The van der Waals surface area contributed by atoms with E-state index in [9.17, 15) is 18.0 Å². The first-order valence-corrected chi connectivity index (χ1v) is 5.47. The van der Waals surface area contributed by atoms with Crippen LogP contribution in [0, 0.1) is 0 Å². The Morgan fingerprint density at radius 1 is 1.21 bits per heavy atom. The Labute approximate surface area is 105 Å². The van der Waals surface area contributed by atoms with Crippen molar-refractivity contribution in [3.63, 3.8) is 0 Å². The number of hydrogen-bond acceptors (Lipinski definition) is 2. The Morgan fingerprint density at radius 3 is 2.42 bits per heavy atom. The fourth-order valence-electron chi connectivity index (χ4n) is 2.13. The molecular formula is C12H8F3N3O. The van der Waals surface area contributed by atoms with E-state index in [1.54, 1.807) is 24.3 Å². The number of imidazole rings is 1. The minimum Gasteiger partial charge on any atom is -0.274 e. The van der Waals surface area contributed by atoms with Gasteiger partial charge in [-0.15, -0.1) is 0 Å². The molecule has 0 saturated heterocycles. The van der Waals surface area contributed by atoms with Gasteiger partial charge in [0.2, 0.25) is 5.91 Å². The Bertz CT molecular complexity index is 798. The van der Waals surface area contributed by atoms with Crippen molar-refractivity contribution in [2.45, 2.75) is 13.1 Å². The first-order valence-electron chi connectivity index (χ1n) is 5.47. The number of halogens is 3. The standard InChI is InChI=1S/C12H8F3N3O/c1-7(19)17-8-4-2-3-5-9(8)18-11(17)6-10(16-18)12(13,14)15/h2-6H,1H3. The largest absolute Gasteiger partial charge is 0.435 e. The number of fused-ring (bicyclic) bond motifs is 3. The molecule has 0 aliphatic carbocycles. The first kappa shape index (κ1) is 11.8. The Kier molecular flexibility index (Phi) is 2.23. The highest BCUT2D eigenvalue weighted by Crippen LogP contribution is 2.31. The molecule has 1 aromatic carbocycles. The molecule has 0 N–H and O–H groups in total. The minimum atomic E-state index is -4.53. The molecule has 7 heteroatoms. The van der Waals surface area contributed by atoms with Crippen molar-refractivity contribution in [1.29, 1.82) is 0 Å². The molecule has 3 aromatic rings. The smallest absolute Gasteiger partial charge is 0.274 e. The van der Waals surface area contributed by atoms with E-state index in [4.69, 9.17) is 0 Å². The van der Waals surface area contributed by atoms with Gasteiger partial charge in [-0.25, -0.2) is 4.52 Å². The van der Waals surface area contributed by atoms with E-state index in [1.165, 1.54) is 11.5 Å². The van der Waals surface area contributed by atoms with Crippen LogP contribution in [0.5, 0.6) is 0 Å². The number of carbonyl (C=O) groups is 1. The van der Waals surface area contributed by atoms with Gasteiger partial charge >= 0.3 is 6.18 Å². The average Bonchev–Trinajstić information content (AvgIpc) is 2.83. The lowest BCUT2D eigenvalue weighted by Crippen LogP contribution is -2.06. The highest BCUT2D eigenvalue weighted by molar-refractivity contribution is 5.94. The predicted octanol–water partition coefficient (Wildman–Crippen LogP) is 2.97. The normalized spacial score (nSPS) is 12.4. The van der Waals surface area contributed by atoms with E-state index >= 15 is 0 Å². The van der Waals surface area contributed by atoms with Gasteiger partial charge < -0.3 is 0 Å². The van der Waals surface area contributed by atoms with E-state index < -0.39 is 11.9 Å². The molecule has 0 unspecified atom stereocenters. The molecule has 3 rings (SSSR count). The van der Waals surface area contributed by atoms with Gasteiger partial charge in [-0.2, -0.15) is 18.3 Å². The second-order valence-electron chi connectivity index (χ2n) is 4.14. The molecule has 0 fully saturated rings. The lowest BCUT2D eigenvalue weighted by atomic mass is 10.3. The van der Waals surface area contributed by atoms with Gasteiger partial charge in [0, 0.05) is 13.0 Å². The molecule has 2 heterocycles. The molecule has 2 aromatic heterocycles. The maximum atomic E-state index is 12.7. The predicted molar refractivity (Wildman–Crippen MR) is 62.0 cm³/mol. The number of hydrogen-bond donors (Lipinski definition) is 0. The molecule has 0 aliphatic heterocycles. The zero-order valence-corrected chi connectivity index (χ0v) is 9.77. The van der Waals surface area contributed by atoms with Crippen molar-refractivity contribution in [2.75, 3.05) is 0 Å². The van der Waals surface area contributed by atoms with Crippen molar-refractivity contribution < 1.29 is 18.0 Å². The summed E-state index contributed by atoms with van der Waals surface area (Å²) < 4.78 is 40.4. The second kappa shape index (κ2) is 3.59. The van der Waals surface area contributed by atoms with Crippen LogP contribution in [0.4, 0.5) is 13.2 Å². The van der Waals surface area contributed by atoms with E-state index in [1.807, 2.05) is 0 Å². The van der Waals surface area contributed by atoms with Crippen LogP contribution in [-0.4, -0.2) is 20.1 Å². The van der Waals surface area contributed by atoms with Crippen LogP contribution in [0.2, 0.25) is 0 Å². The Balaban J connectivity index is 2.46. The summed E-state index contributed by atoms with van der Waals surface area (Å²) >= 11 is 0. The zero-order valence-electron chi connectivity index (χ0n) is 9.77. The summed E-state index contributed by atoms with van der Waals surface area (Å²) in [4.78, 5) is 11.6. The van der Waals surface area contributed by atoms with Gasteiger partial charge in [-0.1, -0.05) is 12.1 Å². The molecular weight excluding hydrogens is 259 g/mol. The molecule has 19 heavy (non-hydrogen) atoms. The fraction of sp³-hybridized carbons (Fsp3) is 0.167. The van der Waals surface area contributed by atoms with Crippen LogP contribution in [0.25, 0.3) is 16.7 Å². The van der Waals surface area contributed by atoms with Crippen molar-refractivity contribution in [2.24, 2.45) is 0 Å². The van der Waals surface area contributed by atoms with Crippen LogP contribution in [0.15, 0.2) is 30.3 Å². The van der Waals surface area contributed by atoms with Crippen molar-refractivity contribution >= 4 is 22.6 Å². The molecule has 0 radical (unpaired) electrons. The maximum absolute atomic E-state index is 12.7. The fourth-order valence-corrected chi connectivity index (χ4v) is 2.13. The summed E-state index contributed by atoms with van der Waals surface area (Å²) in [5.41, 5.74) is 0.0960. The quantitative estimate of drug-likeness (QED) is 0.628. The van der Waals surface area contributed by atoms with Crippen LogP contribution >= 0.6 is 0 Å². The summed E-state index contributed by atoms with van der Waals surface area (Å²) in [6.45, 7) is 1.30. The van der Waals surface area contributed by atoms with Gasteiger partial charge in [0.05, 0.1) is 11.0 Å². The Hall–Kier alpha value is -2.31. The van der Waals surface area contributed by atoms with E-state index in [2.05, 4.69) is 5.10 Å². The van der Waals surface area contributed by atoms with Crippen molar-refractivity contribution in [3.8, 4) is 0 Å². The summed E-state index contributed by atoms with van der Waals surface area (Å²) in [5, 5.41) is 3.53. The number of para-hydroxylation sites is 2. The van der Waals surface area contributed by atoms with Crippen molar-refractivity contribution in [3.05, 3.63) is 36.0 Å². The number of nitrogens with zero attached hydrogens (tertiary/aromatic N) is 3. The van der Waals surface area contributed by atoms with Gasteiger partial charge in [0.15, 0.2) is 5.69 Å². The lowest BCUT2D eigenvalue weighted by molar-refractivity contribution is -0.141. The van der Waals surface area contributed by atoms with E-state index in [0.29, 0.717) is 11.0 Å². The molecule has 4 nitrogen and oxygen atoms in total. The first-order chi connectivity index (χ1) is 8.89. The molecule has 0 amide bonds. The van der Waals surface area contributed by atoms with Crippen LogP contribution in [0.3, 0.4) is 0 Å². The summed E-state index contributed by atoms with van der Waals surface area (Å²) in [7, 11) is 0. The summed E-state index contributed by atoms with van der Waals surface area (Å²) in [6.07, 6.45) is -4.53. The number of benzene rings is 1. The maximum Gasteiger partial charge on any atom is 0.435 e. The molecule has 0 spiro atoms. The summed E-state index contributed by atoms with van der Waals surface area (Å²) in [5.74, 6) is -0.361. The molecule has 0 aliphatic rings. The van der Waals surface area contributed by atoms with E-state index in [-0.39, 0.29) is 11.6 Å². The average molecular weight is 267 g/mol. The third-order valence-electron chi connectivity index (χ3n) is 2.88. The van der Waals surface area contributed by atoms with Crippen LogP contribution in [0.1, 0.15) is 17.4 Å². The molecule has 0 atom stereocenters. The monoisotopic (exact) mass is 267 g/mol. The lowest BCUT2D eigenvalue weighted by Gasteiger charge is -2.01. The van der Waals surface area contributed by atoms with Gasteiger partial charge in [0.25, 0.3) is 0 Å². The molecule has 0 saturated carbocycles. The van der Waals surface area contributed by atoms with Gasteiger partial charge in [0.1, 0.15) is 5.65 Å². The number of carbonyl (C=O) groups excluding carboxylic acids is 1. The number of alkyl halides is 3.